The van der Waals surface area contributed by atoms with Crippen LogP contribution in [0.3, 0.4) is 0 Å². The minimum atomic E-state index is 0. The normalized spacial score (nSPS) is 14.5. The molecular formula is C6H6ClN3S2. The van der Waals surface area contributed by atoms with Crippen molar-refractivity contribution in [3.8, 4) is 0 Å². The van der Waals surface area contributed by atoms with Crippen molar-refractivity contribution >= 4 is 46.0 Å². The van der Waals surface area contributed by atoms with E-state index in [0.29, 0.717) is 0 Å². The van der Waals surface area contributed by atoms with Crippen LogP contribution in [0, 0.1) is 0 Å². The van der Waals surface area contributed by atoms with E-state index in [4.69, 9.17) is 0 Å². The molecule has 0 amide bonds. The summed E-state index contributed by atoms with van der Waals surface area (Å²) in [5.74, 6) is 0. The van der Waals surface area contributed by atoms with Gasteiger partial charge in [0.1, 0.15) is 16.4 Å². The number of hydrogen-bond acceptors (Lipinski definition) is 5. The van der Waals surface area contributed by atoms with Crippen LogP contribution in [0.15, 0.2) is 23.7 Å². The van der Waals surface area contributed by atoms with Gasteiger partial charge in [-0.25, -0.2) is 15.0 Å². The lowest BCUT2D eigenvalue weighted by Gasteiger charge is -2.11. The SMILES string of the molecule is Cl.c1ncc(N=C2SCS2)cn1. The van der Waals surface area contributed by atoms with Crippen LogP contribution < -0.4 is 0 Å². The van der Waals surface area contributed by atoms with Crippen molar-refractivity contribution in [2.75, 3.05) is 5.08 Å². The van der Waals surface area contributed by atoms with Crippen molar-refractivity contribution in [3.63, 3.8) is 0 Å². The summed E-state index contributed by atoms with van der Waals surface area (Å²) in [7, 11) is 0. The molecule has 1 saturated heterocycles. The standard InChI is InChI=1S/C6H5N3S2.ClH/c1-5(2-8-3-7-1)9-6-10-4-11-6;/h1-3H,4H2;1H. The van der Waals surface area contributed by atoms with Gasteiger partial charge in [-0.15, -0.1) is 12.4 Å². The number of aliphatic imine (C=N–C) groups is 1. The molecule has 0 atom stereocenters. The zero-order chi connectivity index (χ0) is 7.52. The highest BCUT2D eigenvalue weighted by Gasteiger charge is 2.11. The molecule has 1 fully saturated rings. The highest BCUT2D eigenvalue weighted by molar-refractivity contribution is 8.52. The molecule has 2 rings (SSSR count). The monoisotopic (exact) mass is 219 g/mol. The first-order valence-electron chi connectivity index (χ1n) is 3.04. The van der Waals surface area contributed by atoms with E-state index < -0.39 is 0 Å². The summed E-state index contributed by atoms with van der Waals surface area (Å²) in [6.45, 7) is 0. The maximum absolute atomic E-state index is 4.28. The van der Waals surface area contributed by atoms with Crippen LogP contribution in [0.1, 0.15) is 0 Å². The molecule has 6 heteroatoms. The molecule has 0 radical (unpaired) electrons. The van der Waals surface area contributed by atoms with Gasteiger partial charge in [0.25, 0.3) is 0 Å². The molecule has 0 aliphatic carbocycles. The fraction of sp³-hybridized carbons (Fsp3) is 0.167. The molecule has 3 nitrogen and oxygen atoms in total. The predicted octanol–water partition coefficient (Wildman–Crippen LogP) is 2.32. The van der Waals surface area contributed by atoms with E-state index in [-0.39, 0.29) is 12.4 Å². The van der Waals surface area contributed by atoms with Crippen molar-refractivity contribution in [1.82, 2.24) is 9.97 Å². The Kier molecular flexibility index (Phi) is 3.84. The third kappa shape index (κ3) is 2.36. The second-order valence-electron chi connectivity index (χ2n) is 1.88. The quantitative estimate of drug-likeness (QED) is 0.727. The van der Waals surface area contributed by atoms with Crippen LogP contribution in [0.25, 0.3) is 0 Å². The van der Waals surface area contributed by atoms with Gasteiger partial charge in [-0.1, -0.05) is 23.5 Å². The first-order valence-corrected chi connectivity index (χ1v) is 5.01. The first-order chi connectivity index (χ1) is 5.45. The van der Waals surface area contributed by atoms with Gasteiger partial charge in [-0.05, 0) is 0 Å². The van der Waals surface area contributed by atoms with E-state index >= 15 is 0 Å². The number of halogens is 1. The van der Waals surface area contributed by atoms with E-state index in [1.165, 1.54) is 6.33 Å². The molecule has 1 aromatic heterocycles. The molecule has 0 spiro atoms. The molecule has 1 aliphatic rings. The lowest BCUT2D eigenvalue weighted by Crippen LogP contribution is -1.96. The van der Waals surface area contributed by atoms with Crippen LogP contribution in [-0.4, -0.2) is 19.4 Å². The summed E-state index contributed by atoms with van der Waals surface area (Å²) in [4.78, 5) is 12.0. The van der Waals surface area contributed by atoms with Crippen LogP contribution in [0.2, 0.25) is 0 Å². The molecule has 0 saturated carbocycles. The van der Waals surface area contributed by atoms with Crippen molar-refractivity contribution < 1.29 is 0 Å². The van der Waals surface area contributed by atoms with Gasteiger partial charge in [0.05, 0.1) is 17.5 Å². The van der Waals surface area contributed by atoms with E-state index in [0.717, 1.165) is 15.1 Å². The predicted molar refractivity (Wildman–Crippen MR) is 56.4 cm³/mol. The largest absolute Gasteiger partial charge is 0.243 e. The smallest absolute Gasteiger partial charge is 0.132 e. The molecular weight excluding hydrogens is 214 g/mol. The van der Waals surface area contributed by atoms with Crippen LogP contribution in [-0.2, 0) is 0 Å². The Morgan fingerprint density at radius 1 is 1.25 bits per heavy atom. The highest BCUT2D eigenvalue weighted by Crippen LogP contribution is 2.34. The Labute approximate surface area is 84.9 Å². The summed E-state index contributed by atoms with van der Waals surface area (Å²) in [5.41, 5.74) is 0.835. The lowest BCUT2D eigenvalue weighted by atomic mass is 10.6. The van der Waals surface area contributed by atoms with Crippen molar-refractivity contribution in [2.24, 2.45) is 4.99 Å². The van der Waals surface area contributed by atoms with Crippen LogP contribution in [0.5, 0.6) is 0 Å². The highest BCUT2D eigenvalue weighted by atomic mass is 35.5. The molecule has 0 aromatic carbocycles. The lowest BCUT2D eigenvalue weighted by molar-refractivity contribution is 1.16. The number of rotatable bonds is 1. The van der Waals surface area contributed by atoms with E-state index in [1.807, 2.05) is 0 Å². The minimum Gasteiger partial charge on any atom is -0.243 e. The number of hydrogen-bond donors (Lipinski definition) is 0. The fourth-order valence-electron chi connectivity index (χ4n) is 0.631. The van der Waals surface area contributed by atoms with E-state index in [2.05, 4.69) is 15.0 Å². The molecule has 12 heavy (non-hydrogen) atoms. The second kappa shape index (κ2) is 4.69. The van der Waals surface area contributed by atoms with Crippen molar-refractivity contribution in [3.05, 3.63) is 18.7 Å². The number of nitrogens with zero attached hydrogens (tertiary/aromatic N) is 3. The average molecular weight is 220 g/mol. The maximum atomic E-state index is 4.28. The third-order valence-corrected chi connectivity index (χ3v) is 3.46. The van der Waals surface area contributed by atoms with Gasteiger partial charge < -0.3 is 0 Å². The van der Waals surface area contributed by atoms with Crippen molar-refractivity contribution in [1.29, 1.82) is 0 Å². The topological polar surface area (TPSA) is 38.1 Å². The Bertz CT molecular complexity index is 271. The van der Waals surface area contributed by atoms with E-state index in [1.54, 1.807) is 35.9 Å². The average Bonchev–Trinajstić information content (AvgIpc) is 1.99. The second-order valence-corrected chi connectivity index (χ2v) is 4.43. The van der Waals surface area contributed by atoms with Gasteiger partial charge >= 0.3 is 0 Å². The molecule has 0 bridgehead atoms. The maximum Gasteiger partial charge on any atom is 0.132 e. The zero-order valence-corrected chi connectivity index (χ0v) is 8.46. The van der Waals surface area contributed by atoms with Gasteiger partial charge in [0.15, 0.2) is 0 Å². The molecule has 0 N–H and O–H groups in total. The molecule has 64 valence electrons. The minimum absolute atomic E-state index is 0. The van der Waals surface area contributed by atoms with Gasteiger partial charge in [-0.3, -0.25) is 0 Å². The number of aromatic nitrogens is 2. The summed E-state index contributed by atoms with van der Waals surface area (Å²) in [5, 5.41) is 1.12. The Balaban J connectivity index is 0.000000720. The Morgan fingerprint density at radius 3 is 2.42 bits per heavy atom. The Hall–Kier alpha value is -0.260. The van der Waals surface area contributed by atoms with Crippen LogP contribution in [0.4, 0.5) is 5.69 Å². The summed E-state index contributed by atoms with van der Waals surface area (Å²) < 4.78 is 1.11. The summed E-state index contributed by atoms with van der Waals surface area (Å²) in [6.07, 6.45) is 4.92. The molecule has 2 heterocycles. The summed E-state index contributed by atoms with van der Waals surface area (Å²) >= 11 is 3.52. The third-order valence-electron chi connectivity index (χ3n) is 1.13. The van der Waals surface area contributed by atoms with Gasteiger partial charge in [0.2, 0.25) is 0 Å². The van der Waals surface area contributed by atoms with E-state index in [9.17, 15) is 0 Å². The summed E-state index contributed by atoms with van der Waals surface area (Å²) in [6, 6.07) is 0. The molecule has 1 aromatic rings. The molecule has 1 aliphatic heterocycles. The fourth-order valence-corrected chi connectivity index (χ4v) is 1.86. The van der Waals surface area contributed by atoms with Crippen LogP contribution >= 0.6 is 35.9 Å². The number of thioether (sulfide) groups is 2. The van der Waals surface area contributed by atoms with Crippen molar-refractivity contribution in [2.45, 2.75) is 0 Å². The van der Waals surface area contributed by atoms with Gasteiger partial charge in [0, 0.05) is 0 Å². The zero-order valence-electron chi connectivity index (χ0n) is 6.01. The Morgan fingerprint density at radius 2 is 1.92 bits per heavy atom. The first kappa shape index (κ1) is 9.83. The molecule has 0 unspecified atom stereocenters. The van der Waals surface area contributed by atoms with Gasteiger partial charge in [-0.2, -0.15) is 0 Å².